The molecule has 0 amide bonds. The van der Waals surface area contributed by atoms with Crippen LogP contribution < -0.4 is 4.74 Å². The van der Waals surface area contributed by atoms with Crippen molar-refractivity contribution in [2.75, 3.05) is 0 Å². The monoisotopic (exact) mass is 342 g/mol. The van der Waals surface area contributed by atoms with Gasteiger partial charge in [0.25, 0.3) is 0 Å². The highest BCUT2D eigenvalue weighted by Gasteiger charge is 2.19. The maximum Gasteiger partial charge on any atom is 0.188 e. The molecule has 0 aliphatic carbocycles. The van der Waals surface area contributed by atoms with E-state index >= 15 is 0 Å². The molecule has 0 bridgehead atoms. The third-order valence-electron chi connectivity index (χ3n) is 4.17. The normalized spacial score (nSPS) is 12.1. The zero-order valence-corrected chi connectivity index (χ0v) is 14.3. The van der Waals surface area contributed by atoms with E-state index in [-0.39, 0.29) is 7.21 Å². The molecule has 3 aromatic rings. The average molecular weight is 342 g/mol. The molecule has 4 heteroatoms. The molecule has 26 heavy (non-hydrogen) atoms. The molecule has 1 aliphatic rings. The van der Waals surface area contributed by atoms with Crippen LogP contribution in [-0.2, 0) is 0 Å². The molecule has 4 nitrogen and oxygen atoms in total. The molecule has 0 saturated heterocycles. The molecule has 2 aromatic carbocycles. The van der Waals surface area contributed by atoms with Crippen LogP contribution in [0.1, 0.15) is 29.8 Å². The summed E-state index contributed by atoms with van der Waals surface area (Å²) in [5.41, 5.74) is 4.42. The lowest BCUT2D eigenvalue weighted by atomic mass is 9.99. The number of carbonyl (C=O) groups is 1. The Balaban J connectivity index is 0.00000210. The molecular formula is C22H18N2O2. The van der Waals surface area contributed by atoms with E-state index in [1.807, 2.05) is 42.5 Å². The Morgan fingerprint density at radius 2 is 1.81 bits per heavy atom. The van der Waals surface area contributed by atoms with Gasteiger partial charge < -0.3 is 4.74 Å². The summed E-state index contributed by atoms with van der Waals surface area (Å²) in [6.07, 6.45) is 3.40. The number of hydrogen-bond acceptors (Lipinski definition) is 4. The van der Waals surface area contributed by atoms with Gasteiger partial charge in [-0.2, -0.15) is 0 Å². The Bertz CT molecular complexity index is 1060. The van der Waals surface area contributed by atoms with Crippen LogP contribution in [0.3, 0.4) is 0 Å². The van der Waals surface area contributed by atoms with Gasteiger partial charge >= 0.3 is 0 Å². The van der Waals surface area contributed by atoms with Gasteiger partial charge in [-0.15, -0.1) is 0 Å². The number of benzene rings is 2. The van der Waals surface area contributed by atoms with Gasteiger partial charge in [0.05, 0.1) is 11.9 Å². The van der Waals surface area contributed by atoms with E-state index in [0.717, 1.165) is 22.5 Å². The largest absolute Gasteiger partial charge is 0.453 e. The molecule has 128 valence electrons. The van der Waals surface area contributed by atoms with Crippen LogP contribution in [0.4, 0.5) is 5.69 Å². The van der Waals surface area contributed by atoms with Gasteiger partial charge in [0.15, 0.2) is 17.3 Å². The van der Waals surface area contributed by atoms with Crippen molar-refractivity contribution >= 4 is 17.2 Å². The summed E-state index contributed by atoms with van der Waals surface area (Å²) in [5, 5.41) is 0. The SMILES string of the molecule is C=C(C)C(=O)c1ccc(C2=Nc3ccccc3Oc3cnccc32)cc1.[HH]. The van der Waals surface area contributed by atoms with E-state index in [9.17, 15) is 4.79 Å². The Labute approximate surface area is 153 Å². The molecule has 0 N–H and O–H groups in total. The van der Waals surface area contributed by atoms with E-state index in [1.165, 1.54) is 0 Å². The van der Waals surface area contributed by atoms with Crippen molar-refractivity contribution in [3.8, 4) is 11.5 Å². The maximum absolute atomic E-state index is 12.1. The minimum atomic E-state index is -0.0577. The Morgan fingerprint density at radius 3 is 2.58 bits per heavy atom. The van der Waals surface area contributed by atoms with Crippen LogP contribution in [0.5, 0.6) is 11.5 Å². The summed E-state index contributed by atoms with van der Waals surface area (Å²) in [6, 6.07) is 16.9. The van der Waals surface area contributed by atoms with Crippen molar-refractivity contribution < 1.29 is 11.0 Å². The first kappa shape index (κ1) is 16.0. The van der Waals surface area contributed by atoms with E-state index in [1.54, 1.807) is 31.5 Å². The molecule has 4 rings (SSSR count). The molecule has 0 fully saturated rings. The summed E-state index contributed by atoms with van der Waals surface area (Å²) in [6.45, 7) is 5.43. The second-order valence-corrected chi connectivity index (χ2v) is 6.09. The molecule has 1 aromatic heterocycles. The summed E-state index contributed by atoms with van der Waals surface area (Å²) in [5.74, 6) is 1.28. The van der Waals surface area contributed by atoms with E-state index < -0.39 is 0 Å². The predicted octanol–water partition coefficient (Wildman–Crippen LogP) is 5.36. The summed E-state index contributed by atoms with van der Waals surface area (Å²) >= 11 is 0. The third kappa shape index (κ3) is 2.82. The van der Waals surface area contributed by atoms with Crippen LogP contribution in [0.15, 0.2) is 84.1 Å². The van der Waals surface area contributed by atoms with Crippen LogP contribution in [0, 0.1) is 0 Å². The average Bonchev–Trinajstić information content (AvgIpc) is 2.84. The molecule has 0 unspecified atom stereocenters. The first-order valence-corrected chi connectivity index (χ1v) is 8.24. The van der Waals surface area contributed by atoms with Gasteiger partial charge in [-0.05, 0) is 30.7 Å². The van der Waals surface area contributed by atoms with Crippen LogP contribution in [0.2, 0.25) is 0 Å². The zero-order valence-electron chi connectivity index (χ0n) is 14.3. The summed E-state index contributed by atoms with van der Waals surface area (Å²) < 4.78 is 6.00. The van der Waals surface area contributed by atoms with Crippen LogP contribution in [0.25, 0.3) is 0 Å². The third-order valence-corrected chi connectivity index (χ3v) is 4.17. The number of aliphatic imine (C=N–C) groups is 1. The van der Waals surface area contributed by atoms with E-state index in [4.69, 9.17) is 9.73 Å². The zero-order chi connectivity index (χ0) is 18.1. The number of allylic oxidation sites excluding steroid dienone is 1. The van der Waals surface area contributed by atoms with Crippen molar-refractivity contribution in [3.63, 3.8) is 0 Å². The van der Waals surface area contributed by atoms with Gasteiger partial charge in [-0.3, -0.25) is 9.78 Å². The topological polar surface area (TPSA) is 51.5 Å². The lowest BCUT2D eigenvalue weighted by molar-refractivity contribution is 0.103. The number of para-hydroxylation sites is 2. The maximum atomic E-state index is 12.1. The van der Waals surface area contributed by atoms with Gasteiger partial charge in [0, 0.05) is 24.3 Å². The lowest BCUT2D eigenvalue weighted by Crippen LogP contribution is -2.05. The second kappa shape index (κ2) is 6.41. The van der Waals surface area contributed by atoms with Crippen LogP contribution in [-0.4, -0.2) is 16.5 Å². The molecule has 0 radical (unpaired) electrons. The smallest absolute Gasteiger partial charge is 0.188 e. The number of Topliss-reactive ketones (excluding diaryl/α,β-unsaturated/α-hetero) is 1. The molecular weight excluding hydrogens is 324 g/mol. The fourth-order valence-electron chi connectivity index (χ4n) is 2.84. The number of nitrogens with zero attached hydrogens (tertiary/aromatic N) is 2. The number of fused-ring (bicyclic) bond motifs is 2. The molecule has 0 saturated carbocycles. The molecule has 1 aliphatic heterocycles. The Kier molecular flexibility index (Phi) is 3.93. The minimum Gasteiger partial charge on any atom is -0.453 e. The van der Waals surface area contributed by atoms with Crippen molar-refractivity contribution in [1.82, 2.24) is 4.98 Å². The van der Waals surface area contributed by atoms with Crippen LogP contribution >= 0.6 is 0 Å². The standard InChI is InChI=1S/C22H16N2O2.H2/c1-14(2)22(25)16-9-7-15(8-10-16)21-17-11-12-23-13-20(17)26-19-6-4-3-5-18(19)24-21;/h3-13H,1H2,2H3;1H. The highest BCUT2D eigenvalue weighted by molar-refractivity contribution is 6.16. The molecule has 2 heterocycles. The second-order valence-electron chi connectivity index (χ2n) is 6.09. The number of pyridine rings is 1. The summed E-state index contributed by atoms with van der Waals surface area (Å²) in [4.78, 5) is 21.1. The number of aromatic nitrogens is 1. The van der Waals surface area contributed by atoms with Crippen molar-refractivity contribution in [2.45, 2.75) is 6.92 Å². The fraction of sp³-hybridized carbons (Fsp3) is 0.0455. The molecule has 0 atom stereocenters. The fourth-order valence-corrected chi connectivity index (χ4v) is 2.84. The number of hydrogen-bond donors (Lipinski definition) is 0. The van der Waals surface area contributed by atoms with E-state index in [0.29, 0.717) is 22.6 Å². The number of ether oxygens (including phenoxy) is 1. The van der Waals surface area contributed by atoms with Gasteiger partial charge in [0.1, 0.15) is 5.69 Å². The number of rotatable bonds is 3. The van der Waals surface area contributed by atoms with Gasteiger partial charge in [-0.25, -0.2) is 4.99 Å². The Morgan fingerprint density at radius 1 is 1.04 bits per heavy atom. The van der Waals surface area contributed by atoms with Crippen molar-refractivity contribution in [1.29, 1.82) is 0 Å². The highest BCUT2D eigenvalue weighted by Crippen LogP contribution is 2.38. The Hall–Kier alpha value is -3.53. The van der Waals surface area contributed by atoms with Crippen molar-refractivity contribution in [2.24, 2.45) is 4.99 Å². The lowest BCUT2D eigenvalue weighted by Gasteiger charge is -2.09. The quantitative estimate of drug-likeness (QED) is 0.372. The first-order valence-electron chi connectivity index (χ1n) is 8.24. The predicted molar refractivity (Wildman–Crippen MR) is 104 cm³/mol. The number of ketones is 1. The molecule has 0 spiro atoms. The number of carbonyl (C=O) groups excluding carboxylic acids is 1. The van der Waals surface area contributed by atoms with Crippen molar-refractivity contribution in [3.05, 3.63) is 95.8 Å². The summed E-state index contributed by atoms with van der Waals surface area (Å²) in [7, 11) is 0. The van der Waals surface area contributed by atoms with Gasteiger partial charge in [0.2, 0.25) is 0 Å². The van der Waals surface area contributed by atoms with E-state index in [2.05, 4.69) is 11.6 Å². The first-order chi connectivity index (χ1) is 12.6. The highest BCUT2D eigenvalue weighted by atomic mass is 16.5. The van der Waals surface area contributed by atoms with Gasteiger partial charge in [-0.1, -0.05) is 43.0 Å². The minimum absolute atomic E-state index is 0.